The molecule has 2 N–H and O–H groups in total. The van der Waals surface area contributed by atoms with Crippen molar-refractivity contribution in [2.24, 2.45) is 5.73 Å². The van der Waals surface area contributed by atoms with E-state index in [1.165, 1.54) is 16.7 Å². The van der Waals surface area contributed by atoms with Crippen molar-refractivity contribution in [2.75, 3.05) is 0 Å². The Morgan fingerprint density at radius 1 is 0.680 bits per heavy atom. The number of hydrogen-bond acceptors (Lipinski definition) is 3. The fourth-order valence-electron chi connectivity index (χ4n) is 2.80. The third kappa shape index (κ3) is 5.40. The summed E-state index contributed by atoms with van der Waals surface area (Å²) in [5, 5.41) is 0.766. The molecule has 0 saturated heterocycles. The third-order valence-corrected chi connectivity index (χ3v) is 4.39. The highest BCUT2D eigenvalue weighted by Gasteiger charge is 2.09. The van der Waals surface area contributed by atoms with Gasteiger partial charge in [0.15, 0.2) is 0 Å². The van der Waals surface area contributed by atoms with E-state index in [-0.39, 0.29) is 0 Å². The second-order valence-corrected chi connectivity index (χ2v) is 6.58. The van der Waals surface area contributed by atoms with Crippen LogP contribution in [0.1, 0.15) is 22.3 Å². The molecule has 0 atom stereocenters. The minimum absolute atomic E-state index is 0.575. The number of nitrogens with zero attached hydrogens (tertiary/aromatic N) is 2. The molecule has 4 heteroatoms. The van der Waals surface area contributed by atoms with Crippen molar-refractivity contribution in [3.8, 4) is 0 Å². The predicted molar refractivity (Wildman–Crippen MR) is 103 cm³/mol. The number of hydrogen-bond donors (Lipinski definition) is 1. The molecule has 25 heavy (non-hydrogen) atoms. The molecule has 0 radical (unpaired) electrons. The van der Waals surface area contributed by atoms with Gasteiger partial charge in [0.05, 0.1) is 0 Å². The molecule has 1 heterocycles. The maximum atomic E-state index is 6.01. The number of halogens is 1. The maximum absolute atomic E-state index is 6.01. The monoisotopic (exact) mass is 351 g/mol. The van der Waals surface area contributed by atoms with Crippen LogP contribution in [0.3, 0.4) is 0 Å². The van der Waals surface area contributed by atoms with Crippen molar-refractivity contribution in [1.29, 1.82) is 0 Å². The highest BCUT2D eigenvalue weighted by Crippen LogP contribution is 2.16. The van der Waals surface area contributed by atoms with E-state index in [2.05, 4.69) is 58.4 Å². The topological polar surface area (TPSA) is 42.1 Å². The van der Waals surface area contributed by atoms with Crippen LogP contribution >= 0.6 is 11.6 Å². The van der Waals surface area contributed by atoms with E-state index in [1.54, 1.807) is 0 Å². The SMILES string of the molecule is NCc1ccc(CN(Cc2ccncc2)Cc2ccc(Cl)cc2)cc1. The molecule has 3 rings (SSSR count). The standard InChI is InChI=1S/C21H22ClN3/c22-21-7-5-19(6-8-21)15-25(16-20-9-11-24-12-10-20)14-18-3-1-17(13-23)2-4-18/h1-12H,13-16,23H2. The summed E-state index contributed by atoms with van der Waals surface area (Å²) in [5.41, 5.74) is 10.6. The smallest absolute Gasteiger partial charge is 0.0406 e. The largest absolute Gasteiger partial charge is 0.326 e. The van der Waals surface area contributed by atoms with E-state index in [1.807, 2.05) is 24.5 Å². The number of rotatable bonds is 7. The summed E-state index contributed by atoms with van der Waals surface area (Å²) in [6, 6.07) is 20.7. The van der Waals surface area contributed by atoms with Gasteiger partial charge in [-0.1, -0.05) is 48.0 Å². The molecule has 0 aliphatic rings. The van der Waals surface area contributed by atoms with Gasteiger partial charge in [-0.3, -0.25) is 9.88 Å². The van der Waals surface area contributed by atoms with E-state index >= 15 is 0 Å². The minimum atomic E-state index is 0.575. The van der Waals surface area contributed by atoms with E-state index in [4.69, 9.17) is 17.3 Å². The van der Waals surface area contributed by atoms with Crippen molar-refractivity contribution in [3.05, 3.63) is 100 Å². The Kier molecular flexibility index (Phi) is 6.18. The third-order valence-electron chi connectivity index (χ3n) is 4.14. The summed E-state index contributed by atoms with van der Waals surface area (Å²) < 4.78 is 0. The number of nitrogens with two attached hydrogens (primary N) is 1. The fraction of sp³-hybridized carbons (Fsp3) is 0.190. The first-order valence-corrected chi connectivity index (χ1v) is 8.74. The maximum Gasteiger partial charge on any atom is 0.0406 e. The van der Waals surface area contributed by atoms with Gasteiger partial charge in [0.2, 0.25) is 0 Å². The Balaban J connectivity index is 1.76. The van der Waals surface area contributed by atoms with Gasteiger partial charge in [0, 0.05) is 43.6 Å². The van der Waals surface area contributed by atoms with Crippen LogP contribution < -0.4 is 5.73 Å². The average Bonchev–Trinajstić information content (AvgIpc) is 2.65. The van der Waals surface area contributed by atoms with Crippen LogP contribution in [0, 0.1) is 0 Å². The van der Waals surface area contributed by atoms with Crippen molar-refractivity contribution in [1.82, 2.24) is 9.88 Å². The molecule has 1 aromatic heterocycles. The molecule has 0 spiro atoms. The lowest BCUT2D eigenvalue weighted by Crippen LogP contribution is -2.22. The number of aromatic nitrogens is 1. The number of benzene rings is 2. The Morgan fingerprint density at radius 2 is 1.12 bits per heavy atom. The molecule has 0 unspecified atom stereocenters. The van der Waals surface area contributed by atoms with Crippen LogP contribution in [-0.4, -0.2) is 9.88 Å². The summed E-state index contributed by atoms with van der Waals surface area (Å²) in [6.07, 6.45) is 3.68. The molecule has 2 aromatic carbocycles. The van der Waals surface area contributed by atoms with Crippen molar-refractivity contribution < 1.29 is 0 Å². The second-order valence-electron chi connectivity index (χ2n) is 6.15. The summed E-state index contributed by atoms with van der Waals surface area (Å²) in [5.74, 6) is 0. The van der Waals surface area contributed by atoms with Gasteiger partial charge >= 0.3 is 0 Å². The van der Waals surface area contributed by atoms with Crippen LogP contribution in [0.5, 0.6) is 0 Å². The Labute approximate surface area is 154 Å². The van der Waals surface area contributed by atoms with Crippen LogP contribution in [-0.2, 0) is 26.2 Å². The quantitative estimate of drug-likeness (QED) is 0.686. The fourth-order valence-corrected chi connectivity index (χ4v) is 2.93. The summed E-state index contributed by atoms with van der Waals surface area (Å²) in [6.45, 7) is 3.17. The zero-order valence-corrected chi connectivity index (χ0v) is 14.9. The molecule has 0 bridgehead atoms. The van der Waals surface area contributed by atoms with Gasteiger partial charge in [-0.2, -0.15) is 0 Å². The van der Waals surface area contributed by atoms with Crippen LogP contribution in [0.25, 0.3) is 0 Å². The minimum Gasteiger partial charge on any atom is -0.326 e. The molecule has 3 aromatic rings. The first kappa shape index (κ1) is 17.6. The molecule has 0 saturated carbocycles. The molecule has 0 amide bonds. The van der Waals surface area contributed by atoms with Gasteiger partial charge in [0.1, 0.15) is 0 Å². The van der Waals surface area contributed by atoms with Gasteiger partial charge in [-0.25, -0.2) is 0 Å². The lowest BCUT2D eigenvalue weighted by Gasteiger charge is -2.23. The number of pyridine rings is 1. The Hall–Kier alpha value is -2.20. The predicted octanol–water partition coefficient (Wildman–Crippen LogP) is 4.40. The summed E-state index contributed by atoms with van der Waals surface area (Å²) in [4.78, 5) is 6.52. The zero-order chi connectivity index (χ0) is 17.5. The Bertz CT molecular complexity index is 771. The van der Waals surface area contributed by atoms with Crippen molar-refractivity contribution >= 4 is 11.6 Å². The van der Waals surface area contributed by atoms with Crippen molar-refractivity contribution in [2.45, 2.75) is 26.2 Å². The summed E-state index contributed by atoms with van der Waals surface area (Å²) in [7, 11) is 0. The van der Waals surface area contributed by atoms with E-state index in [0.717, 1.165) is 30.2 Å². The molecule has 3 nitrogen and oxygen atoms in total. The normalized spacial score (nSPS) is 11.0. The van der Waals surface area contributed by atoms with Crippen LogP contribution in [0.15, 0.2) is 73.1 Å². The van der Waals surface area contributed by atoms with Gasteiger partial charge in [-0.05, 0) is 46.5 Å². The first-order valence-electron chi connectivity index (χ1n) is 8.36. The van der Waals surface area contributed by atoms with Gasteiger partial charge in [0.25, 0.3) is 0 Å². The average molecular weight is 352 g/mol. The lowest BCUT2D eigenvalue weighted by molar-refractivity contribution is 0.247. The molecule has 0 fully saturated rings. The molecular weight excluding hydrogens is 330 g/mol. The molecule has 0 aliphatic carbocycles. The zero-order valence-electron chi connectivity index (χ0n) is 14.1. The molecule has 128 valence electrons. The van der Waals surface area contributed by atoms with E-state index in [9.17, 15) is 0 Å². The van der Waals surface area contributed by atoms with Gasteiger partial charge in [-0.15, -0.1) is 0 Å². The molecular formula is C21H22ClN3. The first-order chi connectivity index (χ1) is 12.2. The highest BCUT2D eigenvalue weighted by molar-refractivity contribution is 6.30. The summed E-state index contributed by atoms with van der Waals surface area (Å²) >= 11 is 6.01. The second kappa shape index (κ2) is 8.77. The van der Waals surface area contributed by atoms with E-state index in [0.29, 0.717) is 6.54 Å². The highest BCUT2D eigenvalue weighted by atomic mass is 35.5. The van der Waals surface area contributed by atoms with Crippen molar-refractivity contribution in [3.63, 3.8) is 0 Å². The van der Waals surface area contributed by atoms with E-state index < -0.39 is 0 Å². The van der Waals surface area contributed by atoms with Crippen LogP contribution in [0.4, 0.5) is 0 Å². The van der Waals surface area contributed by atoms with Gasteiger partial charge < -0.3 is 5.73 Å². The Morgan fingerprint density at radius 3 is 1.64 bits per heavy atom. The molecule has 0 aliphatic heterocycles. The lowest BCUT2D eigenvalue weighted by atomic mass is 10.1. The van der Waals surface area contributed by atoms with Crippen LogP contribution in [0.2, 0.25) is 5.02 Å².